The molecule has 24 heavy (non-hydrogen) atoms. The topological polar surface area (TPSA) is 87.3 Å². The van der Waals surface area contributed by atoms with Crippen LogP contribution in [0.4, 0.5) is 10.1 Å². The second-order valence-electron chi connectivity index (χ2n) is 5.34. The molecule has 2 aromatic carbocycles. The van der Waals surface area contributed by atoms with Crippen LogP contribution in [-0.4, -0.2) is 17.7 Å². The van der Waals surface area contributed by atoms with Crippen LogP contribution in [0.3, 0.4) is 0 Å². The minimum Gasteiger partial charge on any atom is -0.326 e. The zero-order valence-corrected chi connectivity index (χ0v) is 12.6. The summed E-state index contributed by atoms with van der Waals surface area (Å²) in [6.07, 6.45) is 0.934. The third-order valence-corrected chi connectivity index (χ3v) is 3.66. The molecule has 0 saturated carbocycles. The summed E-state index contributed by atoms with van der Waals surface area (Å²) in [5.74, 6) is -1.53. The summed E-state index contributed by atoms with van der Waals surface area (Å²) in [6, 6.07) is 9.85. The van der Waals surface area contributed by atoms with Crippen LogP contribution >= 0.6 is 0 Å². The Balaban J connectivity index is 1.64. The van der Waals surface area contributed by atoms with E-state index in [9.17, 15) is 18.8 Å². The van der Waals surface area contributed by atoms with E-state index in [0.717, 1.165) is 17.7 Å². The van der Waals surface area contributed by atoms with E-state index < -0.39 is 17.6 Å². The molecule has 0 atom stereocenters. The molecule has 0 radical (unpaired) electrons. The number of amides is 3. The highest BCUT2D eigenvalue weighted by Gasteiger charge is 2.17. The minimum atomic E-state index is -0.548. The Morgan fingerprint density at radius 2 is 1.54 bits per heavy atom. The lowest BCUT2D eigenvalue weighted by molar-refractivity contribution is -0.116. The Morgan fingerprint density at radius 3 is 2.25 bits per heavy atom. The van der Waals surface area contributed by atoms with Crippen molar-refractivity contribution in [3.8, 4) is 0 Å². The largest absolute Gasteiger partial charge is 0.326 e. The average Bonchev–Trinajstić information content (AvgIpc) is 2.59. The van der Waals surface area contributed by atoms with E-state index in [1.54, 1.807) is 18.2 Å². The van der Waals surface area contributed by atoms with Gasteiger partial charge in [-0.25, -0.2) is 4.39 Å². The first-order chi connectivity index (χ1) is 11.5. The van der Waals surface area contributed by atoms with Gasteiger partial charge in [-0.1, -0.05) is 0 Å². The van der Waals surface area contributed by atoms with E-state index in [-0.39, 0.29) is 11.5 Å². The molecular weight excluding hydrogens is 313 g/mol. The molecule has 3 N–H and O–H groups in total. The van der Waals surface area contributed by atoms with Crippen molar-refractivity contribution in [2.24, 2.45) is 0 Å². The van der Waals surface area contributed by atoms with Gasteiger partial charge in [-0.05, 0) is 54.4 Å². The number of aryl methyl sites for hydroxylation is 1. The molecule has 1 aliphatic rings. The van der Waals surface area contributed by atoms with E-state index in [0.29, 0.717) is 24.1 Å². The lowest BCUT2D eigenvalue weighted by atomic mass is 10.0. The quantitative estimate of drug-likeness (QED) is 0.735. The first kappa shape index (κ1) is 15.7. The van der Waals surface area contributed by atoms with Crippen molar-refractivity contribution in [1.29, 1.82) is 0 Å². The lowest BCUT2D eigenvalue weighted by Gasteiger charge is -2.17. The highest BCUT2D eigenvalue weighted by atomic mass is 19.1. The maximum absolute atomic E-state index is 12.8. The Bertz CT molecular complexity index is 818. The van der Waals surface area contributed by atoms with Gasteiger partial charge in [0.1, 0.15) is 5.82 Å². The highest BCUT2D eigenvalue weighted by molar-refractivity contribution is 6.00. The van der Waals surface area contributed by atoms with Crippen LogP contribution in [0.25, 0.3) is 0 Å². The van der Waals surface area contributed by atoms with Crippen LogP contribution in [0.5, 0.6) is 0 Å². The molecule has 0 bridgehead atoms. The van der Waals surface area contributed by atoms with Crippen molar-refractivity contribution in [3.05, 3.63) is 65.0 Å². The molecule has 1 aliphatic heterocycles. The summed E-state index contributed by atoms with van der Waals surface area (Å²) in [4.78, 5) is 35.3. The molecule has 122 valence electrons. The number of hydrazine groups is 1. The smallest absolute Gasteiger partial charge is 0.269 e. The molecule has 0 saturated heterocycles. The summed E-state index contributed by atoms with van der Waals surface area (Å²) < 4.78 is 12.8. The van der Waals surface area contributed by atoms with Crippen molar-refractivity contribution in [1.82, 2.24) is 10.9 Å². The van der Waals surface area contributed by atoms with E-state index in [4.69, 9.17) is 0 Å². The third-order valence-electron chi connectivity index (χ3n) is 3.66. The predicted molar refractivity (Wildman–Crippen MR) is 84.7 cm³/mol. The number of nitrogens with one attached hydrogen (secondary N) is 3. The van der Waals surface area contributed by atoms with Crippen molar-refractivity contribution in [2.75, 3.05) is 5.32 Å². The Kier molecular flexibility index (Phi) is 4.24. The van der Waals surface area contributed by atoms with Gasteiger partial charge in [0, 0.05) is 23.2 Å². The van der Waals surface area contributed by atoms with Crippen LogP contribution in [0.15, 0.2) is 42.5 Å². The molecule has 1 heterocycles. The summed E-state index contributed by atoms with van der Waals surface area (Å²) >= 11 is 0. The number of rotatable bonds is 2. The van der Waals surface area contributed by atoms with Crippen molar-refractivity contribution in [2.45, 2.75) is 12.8 Å². The van der Waals surface area contributed by atoms with Crippen molar-refractivity contribution >= 4 is 23.4 Å². The maximum Gasteiger partial charge on any atom is 0.269 e. The summed E-state index contributed by atoms with van der Waals surface area (Å²) in [5.41, 5.74) is 6.73. The van der Waals surface area contributed by atoms with Crippen LogP contribution in [0.1, 0.15) is 32.7 Å². The molecule has 0 aliphatic carbocycles. The van der Waals surface area contributed by atoms with Crippen LogP contribution < -0.4 is 16.2 Å². The number of halogens is 1. The molecular formula is C17H14FN3O3. The second kappa shape index (κ2) is 6.49. The van der Waals surface area contributed by atoms with Crippen molar-refractivity contribution < 1.29 is 18.8 Å². The van der Waals surface area contributed by atoms with E-state index in [1.807, 2.05) is 0 Å². The van der Waals surface area contributed by atoms with Gasteiger partial charge >= 0.3 is 0 Å². The number of hydrogen-bond donors (Lipinski definition) is 3. The molecule has 3 rings (SSSR count). The molecule has 0 fully saturated rings. The summed E-state index contributed by atoms with van der Waals surface area (Å²) in [6.45, 7) is 0. The zero-order chi connectivity index (χ0) is 17.1. The number of fused-ring (bicyclic) bond motifs is 1. The monoisotopic (exact) mass is 327 g/mol. The Hall–Kier alpha value is -3.22. The van der Waals surface area contributed by atoms with E-state index in [1.165, 1.54) is 12.1 Å². The van der Waals surface area contributed by atoms with Crippen LogP contribution in [0.2, 0.25) is 0 Å². The van der Waals surface area contributed by atoms with Crippen LogP contribution in [-0.2, 0) is 11.2 Å². The molecule has 0 unspecified atom stereocenters. The fourth-order valence-corrected chi connectivity index (χ4v) is 2.38. The number of carbonyl (C=O) groups is 3. The van der Waals surface area contributed by atoms with Gasteiger partial charge in [0.2, 0.25) is 5.91 Å². The Labute approximate surface area is 137 Å². The molecule has 2 aromatic rings. The second-order valence-corrected chi connectivity index (χ2v) is 5.34. The standard InChI is InChI=1S/C17H14FN3O3/c18-13-5-1-10(2-6-13)16(23)20-21-17(24)12-3-7-14-11(9-12)4-8-15(22)19-14/h1-3,5-7,9H,4,8H2,(H,19,22)(H,20,23)(H,21,24). The SMILES string of the molecule is O=C1CCc2cc(C(=O)NNC(=O)c3ccc(F)cc3)ccc2N1. The predicted octanol–water partition coefficient (Wildman–Crippen LogP) is 1.79. The zero-order valence-electron chi connectivity index (χ0n) is 12.6. The van der Waals surface area contributed by atoms with Gasteiger partial charge in [-0.3, -0.25) is 25.2 Å². The third kappa shape index (κ3) is 3.40. The van der Waals surface area contributed by atoms with Crippen LogP contribution in [0, 0.1) is 5.82 Å². The Morgan fingerprint density at radius 1 is 0.917 bits per heavy atom. The fourth-order valence-electron chi connectivity index (χ4n) is 2.38. The molecule has 3 amide bonds. The lowest BCUT2D eigenvalue weighted by Crippen LogP contribution is -2.41. The highest BCUT2D eigenvalue weighted by Crippen LogP contribution is 2.23. The molecule has 0 aromatic heterocycles. The van der Waals surface area contributed by atoms with E-state index in [2.05, 4.69) is 16.2 Å². The van der Waals surface area contributed by atoms with Gasteiger partial charge in [-0.15, -0.1) is 0 Å². The van der Waals surface area contributed by atoms with Gasteiger partial charge in [0.05, 0.1) is 0 Å². The van der Waals surface area contributed by atoms with E-state index >= 15 is 0 Å². The molecule has 7 heteroatoms. The molecule has 0 spiro atoms. The summed E-state index contributed by atoms with van der Waals surface area (Å²) in [7, 11) is 0. The number of hydrogen-bond acceptors (Lipinski definition) is 3. The van der Waals surface area contributed by atoms with Crippen molar-refractivity contribution in [3.63, 3.8) is 0 Å². The number of carbonyl (C=O) groups excluding carboxylic acids is 3. The summed E-state index contributed by atoms with van der Waals surface area (Å²) in [5, 5.41) is 2.73. The average molecular weight is 327 g/mol. The first-order valence-corrected chi connectivity index (χ1v) is 7.32. The normalized spacial score (nSPS) is 12.8. The van der Waals surface area contributed by atoms with Gasteiger partial charge in [0.15, 0.2) is 0 Å². The fraction of sp³-hybridized carbons (Fsp3) is 0.118. The minimum absolute atomic E-state index is 0.0498. The van der Waals surface area contributed by atoms with Gasteiger partial charge in [0.25, 0.3) is 11.8 Å². The van der Waals surface area contributed by atoms with Gasteiger partial charge < -0.3 is 5.32 Å². The first-order valence-electron chi connectivity index (χ1n) is 7.32. The molecule has 6 nitrogen and oxygen atoms in total. The van der Waals surface area contributed by atoms with Gasteiger partial charge in [-0.2, -0.15) is 0 Å². The number of benzene rings is 2. The maximum atomic E-state index is 12.8. The number of anilines is 1.